The number of nitrogens with one attached hydrogen (secondary N) is 1. The average Bonchev–Trinajstić information content (AvgIpc) is 3.26. The largest absolute Gasteiger partial charge is 0.396 e. The number of rotatable bonds is 6. The Bertz CT molecular complexity index is 746. The van der Waals surface area contributed by atoms with Crippen molar-refractivity contribution < 1.29 is 9.90 Å². The van der Waals surface area contributed by atoms with E-state index in [1.165, 1.54) is 28.3 Å². The van der Waals surface area contributed by atoms with E-state index in [1.807, 2.05) is 10.3 Å². The Morgan fingerprint density at radius 1 is 1.42 bits per heavy atom. The lowest BCUT2D eigenvalue weighted by atomic mass is 10.1. The first-order valence-corrected chi connectivity index (χ1v) is 8.61. The quantitative estimate of drug-likeness (QED) is 0.751. The van der Waals surface area contributed by atoms with Crippen molar-refractivity contribution in [3.05, 3.63) is 39.3 Å². The molecule has 1 saturated heterocycles. The summed E-state index contributed by atoms with van der Waals surface area (Å²) in [7, 11) is 0. The molecule has 1 aliphatic rings. The molecule has 8 nitrogen and oxygen atoms in total. The van der Waals surface area contributed by atoms with E-state index in [0.717, 1.165) is 11.4 Å². The van der Waals surface area contributed by atoms with Crippen molar-refractivity contribution >= 4 is 23.1 Å². The van der Waals surface area contributed by atoms with E-state index < -0.39 is 0 Å². The number of aromatic nitrogens is 3. The summed E-state index contributed by atoms with van der Waals surface area (Å²) in [4.78, 5) is 34.7. The molecule has 0 radical (unpaired) electrons. The highest BCUT2D eigenvalue weighted by Crippen LogP contribution is 2.18. The highest BCUT2D eigenvalue weighted by molar-refractivity contribution is 7.09. The normalized spacial score (nSPS) is 17.2. The fraction of sp³-hybridized carbons (Fsp3) is 0.467. The van der Waals surface area contributed by atoms with Gasteiger partial charge in [-0.1, -0.05) is 0 Å². The first-order valence-electron chi connectivity index (χ1n) is 7.73. The molecular formula is C15H19N5O3S. The Hall–Kier alpha value is -2.26. The van der Waals surface area contributed by atoms with Crippen molar-refractivity contribution in [2.45, 2.75) is 19.5 Å². The van der Waals surface area contributed by atoms with Gasteiger partial charge < -0.3 is 19.9 Å². The van der Waals surface area contributed by atoms with Crippen LogP contribution in [0.2, 0.25) is 0 Å². The molecule has 2 aromatic rings. The zero-order valence-corrected chi connectivity index (χ0v) is 13.9. The van der Waals surface area contributed by atoms with Gasteiger partial charge in [-0.3, -0.25) is 9.59 Å². The molecule has 0 bridgehead atoms. The molecule has 24 heavy (non-hydrogen) atoms. The van der Waals surface area contributed by atoms with E-state index in [0.29, 0.717) is 25.5 Å². The number of aliphatic hydroxyl groups excluding tert-OH is 1. The Kier molecular flexibility index (Phi) is 5.21. The van der Waals surface area contributed by atoms with Crippen LogP contribution in [-0.4, -0.2) is 45.2 Å². The zero-order chi connectivity index (χ0) is 16.9. The highest BCUT2D eigenvalue weighted by atomic mass is 32.1. The first-order chi connectivity index (χ1) is 11.7. The summed E-state index contributed by atoms with van der Waals surface area (Å²) in [6.07, 6.45) is 5.55. The van der Waals surface area contributed by atoms with E-state index >= 15 is 0 Å². The molecule has 1 amide bonds. The number of carbonyl (C=O) groups excluding carboxylic acids is 1. The van der Waals surface area contributed by atoms with Crippen LogP contribution in [-0.2, 0) is 17.9 Å². The lowest BCUT2D eigenvalue weighted by molar-refractivity contribution is -0.121. The van der Waals surface area contributed by atoms with Gasteiger partial charge in [0.25, 0.3) is 5.56 Å². The van der Waals surface area contributed by atoms with Crippen LogP contribution < -0.4 is 15.8 Å². The minimum absolute atomic E-state index is 0.0585. The third kappa shape index (κ3) is 3.80. The molecule has 1 fully saturated rings. The second kappa shape index (κ2) is 7.54. The average molecular weight is 349 g/mol. The predicted molar refractivity (Wildman–Crippen MR) is 89.9 cm³/mol. The number of thiazole rings is 1. The number of aliphatic hydroxyl groups is 1. The molecule has 9 heteroatoms. The van der Waals surface area contributed by atoms with Crippen LogP contribution >= 0.6 is 11.3 Å². The summed E-state index contributed by atoms with van der Waals surface area (Å²) in [5.74, 6) is 0.252. The van der Waals surface area contributed by atoms with Crippen LogP contribution in [0.4, 0.5) is 5.82 Å². The van der Waals surface area contributed by atoms with Crippen LogP contribution in [0.5, 0.6) is 0 Å². The van der Waals surface area contributed by atoms with Gasteiger partial charge in [0.1, 0.15) is 11.6 Å². The van der Waals surface area contributed by atoms with Crippen LogP contribution in [0.15, 0.2) is 28.8 Å². The van der Waals surface area contributed by atoms with Crippen LogP contribution in [0.1, 0.15) is 11.4 Å². The zero-order valence-electron chi connectivity index (χ0n) is 13.1. The van der Waals surface area contributed by atoms with E-state index in [9.17, 15) is 14.7 Å². The van der Waals surface area contributed by atoms with Gasteiger partial charge in [-0.05, 0) is 6.42 Å². The predicted octanol–water partition coefficient (Wildman–Crippen LogP) is -0.165. The van der Waals surface area contributed by atoms with Crippen molar-refractivity contribution in [1.29, 1.82) is 0 Å². The van der Waals surface area contributed by atoms with Gasteiger partial charge in [0.15, 0.2) is 5.82 Å². The van der Waals surface area contributed by atoms with Gasteiger partial charge in [0.05, 0.1) is 6.54 Å². The van der Waals surface area contributed by atoms with Crippen molar-refractivity contribution in [2.24, 2.45) is 5.92 Å². The van der Waals surface area contributed by atoms with Crippen LogP contribution in [0, 0.1) is 5.92 Å². The molecular weight excluding hydrogens is 330 g/mol. The minimum Gasteiger partial charge on any atom is -0.396 e. The van der Waals surface area contributed by atoms with Gasteiger partial charge in [-0.2, -0.15) is 0 Å². The summed E-state index contributed by atoms with van der Waals surface area (Å²) in [5, 5.41) is 14.6. The molecule has 0 aliphatic carbocycles. The van der Waals surface area contributed by atoms with Gasteiger partial charge in [0, 0.05) is 49.6 Å². The van der Waals surface area contributed by atoms with E-state index in [4.69, 9.17) is 0 Å². The Morgan fingerprint density at radius 2 is 2.29 bits per heavy atom. The van der Waals surface area contributed by atoms with Gasteiger partial charge in [-0.25, -0.2) is 9.97 Å². The molecule has 1 aliphatic heterocycles. The summed E-state index contributed by atoms with van der Waals surface area (Å²) < 4.78 is 1.35. The smallest absolute Gasteiger partial charge is 0.293 e. The highest BCUT2D eigenvalue weighted by Gasteiger charge is 2.25. The van der Waals surface area contributed by atoms with Crippen molar-refractivity contribution in [3.63, 3.8) is 0 Å². The molecule has 0 unspecified atom stereocenters. The van der Waals surface area contributed by atoms with Gasteiger partial charge in [-0.15, -0.1) is 11.3 Å². The third-order valence-corrected chi connectivity index (χ3v) is 4.75. The maximum Gasteiger partial charge on any atom is 0.293 e. The lowest BCUT2D eigenvalue weighted by Gasteiger charge is -2.17. The number of hydrogen-bond acceptors (Lipinski definition) is 7. The fourth-order valence-electron chi connectivity index (χ4n) is 2.68. The molecule has 128 valence electrons. The number of carbonyl (C=O) groups is 1. The molecule has 1 atom stereocenters. The monoisotopic (exact) mass is 349 g/mol. The minimum atomic E-state index is -0.291. The second-order valence-corrected chi connectivity index (χ2v) is 6.65. The third-order valence-electron chi connectivity index (χ3n) is 3.97. The molecule has 0 saturated carbocycles. The molecule has 0 spiro atoms. The number of anilines is 1. The van der Waals surface area contributed by atoms with Crippen molar-refractivity contribution in [2.75, 3.05) is 24.6 Å². The van der Waals surface area contributed by atoms with Crippen molar-refractivity contribution in [3.8, 4) is 0 Å². The molecule has 0 aromatic carbocycles. The molecule has 3 rings (SSSR count). The van der Waals surface area contributed by atoms with Gasteiger partial charge in [0.2, 0.25) is 5.91 Å². The summed E-state index contributed by atoms with van der Waals surface area (Å²) in [5.41, 5.74) is -0.291. The summed E-state index contributed by atoms with van der Waals surface area (Å²) >= 11 is 1.46. The molecule has 3 heterocycles. The fourth-order valence-corrected chi connectivity index (χ4v) is 3.23. The van der Waals surface area contributed by atoms with E-state index in [2.05, 4.69) is 15.3 Å². The Balaban J connectivity index is 1.65. The van der Waals surface area contributed by atoms with E-state index in [1.54, 1.807) is 6.20 Å². The van der Waals surface area contributed by atoms with Crippen molar-refractivity contribution in [1.82, 2.24) is 19.9 Å². The lowest BCUT2D eigenvalue weighted by Crippen LogP contribution is -2.36. The Morgan fingerprint density at radius 3 is 3.00 bits per heavy atom. The van der Waals surface area contributed by atoms with Gasteiger partial charge >= 0.3 is 0 Å². The Labute approximate surface area is 142 Å². The van der Waals surface area contributed by atoms with Crippen LogP contribution in [0.25, 0.3) is 0 Å². The number of nitrogens with zero attached hydrogens (tertiary/aromatic N) is 4. The maximum atomic E-state index is 12.5. The van der Waals surface area contributed by atoms with E-state index in [-0.39, 0.29) is 30.5 Å². The number of hydrogen-bond donors (Lipinski definition) is 2. The first kappa shape index (κ1) is 16.6. The SMILES string of the molecule is O=C(Cn1ccnc(N2CC[C@H](CO)C2)c1=O)NCc1nccs1. The van der Waals surface area contributed by atoms with Crippen LogP contribution in [0.3, 0.4) is 0 Å². The molecule has 2 N–H and O–H groups in total. The maximum absolute atomic E-state index is 12.5. The number of amides is 1. The summed E-state index contributed by atoms with van der Waals surface area (Å²) in [6, 6.07) is 0. The standard InChI is InChI=1S/C15H19N5O3S/c21-10-11-1-4-19(8-11)14-15(23)20(5-2-17-14)9-12(22)18-7-13-16-3-6-24-13/h2-3,5-6,11,21H,1,4,7-10H2,(H,18,22)/t11-/m0/s1. The molecule has 2 aromatic heterocycles. The summed E-state index contributed by atoms with van der Waals surface area (Å²) in [6.45, 7) is 1.70. The second-order valence-electron chi connectivity index (χ2n) is 5.67. The topological polar surface area (TPSA) is 100 Å².